The minimum atomic E-state index is -0.533. The summed E-state index contributed by atoms with van der Waals surface area (Å²) in [5.41, 5.74) is 2.86. The second kappa shape index (κ2) is 4.75. The molecule has 2 rings (SSSR count). The van der Waals surface area contributed by atoms with Gasteiger partial charge in [0, 0.05) is 24.2 Å². The lowest BCUT2D eigenvalue weighted by atomic mass is 10.1. The highest BCUT2D eigenvalue weighted by Crippen LogP contribution is 2.20. The number of nitrogens with zero attached hydrogens (tertiary/aromatic N) is 2. The molecule has 0 spiro atoms. The van der Waals surface area contributed by atoms with E-state index in [9.17, 15) is 5.11 Å². The normalized spacial score (nSPS) is 12.9. The molecular weight excluding hydrogens is 216 g/mol. The molecule has 0 saturated heterocycles. The average molecular weight is 234 g/mol. The molecule has 0 bridgehead atoms. The molecule has 0 radical (unpaired) electrons. The highest BCUT2D eigenvalue weighted by molar-refractivity contribution is 5.18. The predicted molar refractivity (Wildman–Crippen MR) is 64.7 cm³/mol. The first-order valence-electron chi connectivity index (χ1n) is 5.86. The standard InChI is InChI=1S/C13H18N2O2/c1-4-15-12(5-9(2)14-15)7-13(16)11-6-10(3)17-8-11/h5-6,8,13,16H,4,7H2,1-3H3. The molecule has 0 aliphatic rings. The van der Waals surface area contributed by atoms with Gasteiger partial charge < -0.3 is 9.52 Å². The van der Waals surface area contributed by atoms with Gasteiger partial charge in [-0.2, -0.15) is 5.10 Å². The SMILES string of the molecule is CCn1nc(C)cc1CC(O)c1coc(C)c1. The minimum absolute atomic E-state index is 0.533. The maximum atomic E-state index is 10.1. The highest BCUT2D eigenvalue weighted by Gasteiger charge is 2.14. The fraction of sp³-hybridized carbons (Fsp3) is 0.462. The van der Waals surface area contributed by atoms with Crippen LogP contribution in [-0.2, 0) is 13.0 Å². The molecule has 4 nitrogen and oxygen atoms in total. The van der Waals surface area contributed by atoms with Crippen molar-refractivity contribution in [3.63, 3.8) is 0 Å². The van der Waals surface area contributed by atoms with E-state index >= 15 is 0 Å². The molecule has 2 aromatic rings. The lowest BCUT2D eigenvalue weighted by molar-refractivity contribution is 0.174. The quantitative estimate of drug-likeness (QED) is 0.883. The number of rotatable bonds is 4. The minimum Gasteiger partial charge on any atom is -0.469 e. The molecule has 92 valence electrons. The first kappa shape index (κ1) is 11.9. The summed E-state index contributed by atoms with van der Waals surface area (Å²) in [5.74, 6) is 0.819. The molecule has 0 aliphatic heterocycles. The number of aryl methyl sites for hydroxylation is 3. The molecule has 0 saturated carbocycles. The first-order valence-corrected chi connectivity index (χ1v) is 5.86. The number of aliphatic hydroxyl groups is 1. The van der Waals surface area contributed by atoms with Gasteiger partial charge in [0.15, 0.2) is 0 Å². The Labute approximate surface area is 101 Å². The van der Waals surface area contributed by atoms with Crippen molar-refractivity contribution in [1.29, 1.82) is 0 Å². The average Bonchev–Trinajstić information content (AvgIpc) is 2.85. The summed E-state index contributed by atoms with van der Waals surface area (Å²) < 4.78 is 7.12. The van der Waals surface area contributed by atoms with Crippen molar-refractivity contribution in [1.82, 2.24) is 9.78 Å². The molecule has 17 heavy (non-hydrogen) atoms. The van der Waals surface area contributed by atoms with Crippen molar-refractivity contribution in [3.8, 4) is 0 Å². The Morgan fingerprint density at radius 2 is 2.18 bits per heavy atom. The highest BCUT2D eigenvalue weighted by atomic mass is 16.3. The molecule has 1 unspecified atom stereocenters. The molecule has 2 heterocycles. The first-order chi connectivity index (χ1) is 8.10. The van der Waals surface area contributed by atoms with Gasteiger partial charge in [-0.25, -0.2) is 0 Å². The number of hydrogen-bond donors (Lipinski definition) is 1. The number of furan rings is 1. The van der Waals surface area contributed by atoms with Crippen LogP contribution in [-0.4, -0.2) is 14.9 Å². The lowest BCUT2D eigenvalue weighted by Gasteiger charge is -2.09. The molecule has 1 atom stereocenters. The van der Waals surface area contributed by atoms with Crippen LogP contribution in [0.5, 0.6) is 0 Å². The van der Waals surface area contributed by atoms with Crippen LogP contribution in [0.15, 0.2) is 22.8 Å². The van der Waals surface area contributed by atoms with E-state index in [4.69, 9.17) is 4.42 Å². The van der Waals surface area contributed by atoms with E-state index in [1.54, 1.807) is 6.26 Å². The van der Waals surface area contributed by atoms with E-state index in [0.717, 1.165) is 29.3 Å². The largest absolute Gasteiger partial charge is 0.469 e. The zero-order valence-corrected chi connectivity index (χ0v) is 10.5. The summed E-state index contributed by atoms with van der Waals surface area (Å²) in [6, 6.07) is 3.88. The zero-order chi connectivity index (χ0) is 12.4. The van der Waals surface area contributed by atoms with E-state index in [1.807, 2.05) is 37.6 Å². The van der Waals surface area contributed by atoms with Gasteiger partial charge >= 0.3 is 0 Å². The van der Waals surface area contributed by atoms with E-state index in [-0.39, 0.29) is 0 Å². The summed E-state index contributed by atoms with van der Waals surface area (Å²) in [5, 5.41) is 14.5. The molecule has 0 fully saturated rings. The molecule has 4 heteroatoms. The van der Waals surface area contributed by atoms with Gasteiger partial charge in [-0.1, -0.05) is 0 Å². The summed E-state index contributed by atoms with van der Waals surface area (Å²) in [6.45, 7) is 6.70. The predicted octanol–water partition coefficient (Wildman–Crippen LogP) is 2.39. The van der Waals surface area contributed by atoms with Crippen LogP contribution < -0.4 is 0 Å². The van der Waals surface area contributed by atoms with Crippen molar-refractivity contribution < 1.29 is 9.52 Å². The van der Waals surface area contributed by atoms with Gasteiger partial charge in [0.2, 0.25) is 0 Å². The van der Waals surface area contributed by atoms with Crippen LogP contribution >= 0.6 is 0 Å². The Kier molecular flexibility index (Phi) is 3.33. The van der Waals surface area contributed by atoms with Gasteiger partial charge in [-0.05, 0) is 32.9 Å². The molecule has 0 aromatic carbocycles. The van der Waals surface area contributed by atoms with E-state index in [0.29, 0.717) is 6.42 Å². The molecule has 1 N–H and O–H groups in total. The van der Waals surface area contributed by atoms with E-state index in [2.05, 4.69) is 5.10 Å². The number of hydrogen-bond acceptors (Lipinski definition) is 3. The third kappa shape index (κ3) is 2.58. The molecule has 2 aromatic heterocycles. The Morgan fingerprint density at radius 3 is 2.76 bits per heavy atom. The smallest absolute Gasteiger partial charge is 0.101 e. The zero-order valence-electron chi connectivity index (χ0n) is 10.5. The maximum Gasteiger partial charge on any atom is 0.101 e. The van der Waals surface area contributed by atoms with Crippen molar-refractivity contribution in [3.05, 3.63) is 41.1 Å². The van der Waals surface area contributed by atoms with Crippen LogP contribution in [0.3, 0.4) is 0 Å². The van der Waals surface area contributed by atoms with Crippen molar-refractivity contribution in [2.24, 2.45) is 0 Å². The van der Waals surface area contributed by atoms with E-state index in [1.165, 1.54) is 0 Å². The van der Waals surface area contributed by atoms with Crippen molar-refractivity contribution in [2.45, 2.75) is 39.8 Å². The van der Waals surface area contributed by atoms with E-state index < -0.39 is 6.10 Å². The molecule has 0 aliphatic carbocycles. The summed E-state index contributed by atoms with van der Waals surface area (Å²) in [4.78, 5) is 0. The van der Waals surface area contributed by atoms with Gasteiger partial charge in [-0.3, -0.25) is 4.68 Å². The van der Waals surface area contributed by atoms with Gasteiger partial charge in [0.25, 0.3) is 0 Å². The molecule has 0 amide bonds. The third-order valence-corrected chi connectivity index (χ3v) is 2.82. The Balaban J connectivity index is 2.14. The Bertz CT molecular complexity index is 499. The van der Waals surface area contributed by atoms with Crippen LogP contribution in [0.1, 0.15) is 35.7 Å². The number of aliphatic hydroxyl groups excluding tert-OH is 1. The second-order valence-corrected chi connectivity index (χ2v) is 4.30. The topological polar surface area (TPSA) is 51.2 Å². The summed E-state index contributed by atoms with van der Waals surface area (Å²) in [6.07, 6.45) is 1.64. The van der Waals surface area contributed by atoms with Crippen LogP contribution in [0.2, 0.25) is 0 Å². The summed E-state index contributed by atoms with van der Waals surface area (Å²) in [7, 11) is 0. The van der Waals surface area contributed by atoms with Crippen LogP contribution in [0, 0.1) is 13.8 Å². The molecular formula is C13H18N2O2. The van der Waals surface area contributed by atoms with Gasteiger partial charge in [-0.15, -0.1) is 0 Å². The third-order valence-electron chi connectivity index (χ3n) is 2.82. The Morgan fingerprint density at radius 1 is 1.41 bits per heavy atom. The van der Waals surface area contributed by atoms with Crippen molar-refractivity contribution in [2.75, 3.05) is 0 Å². The fourth-order valence-corrected chi connectivity index (χ4v) is 1.99. The van der Waals surface area contributed by atoms with Crippen LogP contribution in [0.4, 0.5) is 0 Å². The van der Waals surface area contributed by atoms with Gasteiger partial charge in [0.1, 0.15) is 5.76 Å². The van der Waals surface area contributed by atoms with Gasteiger partial charge in [0.05, 0.1) is 18.1 Å². The summed E-state index contributed by atoms with van der Waals surface area (Å²) >= 11 is 0. The monoisotopic (exact) mass is 234 g/mol. The Hall–Kier alpha value is -1.55. The number of aromatic nitrogens is 2. The fourth-order valence-electron chi connectivity index (χ4n) is 1.99. The maximum absolute atomic E-state index is 10.1. The second-order valence-electron chi connectivity index (χ2n) is 4.30. The van der Waals surface area contributed by atoms with Crippen molar-refractivity contribution >= 4 is 0 Å². The lowest BCUT2D eigenvalue weighted by Crippen LogP contribution is -2.07. The van der Waals surface area contributed by atoms with Crippen LogP contribution in [0.25, 0.3) is 0 Å².